The molecule has 2 heterocycles. The van der Waals surface area contributed by atoms with E-state index in [-0.39, 0.29) is 18.8 Å². The molecule has 8 nitrogen and oxygen atoms in total. The van der Waals surface area contributed by atoms with Crippen LogP contribution in [0.15, 0.2) is 11.0 Å². The molecular weight excluding hydrogens is 305 g/mol. The summed E-state index contributed by atoms with van der Waals surface area (Å²) in [6.45, 7) is 1.41. The molecule has 0 bridgehead atoms. The minimum atomic E-state index is -2.12. The lowest BCUT2D eigenvalue weighted by Gasteiger charge is -2.15. The summed E-state index contributed by atoms with van der Waals surface area (Å²) in [5.74, 6) is 0.161. The van der Waals surface area contributed by atoms with Crippen LogP contribution in [0, 0.1) is 6.92 Å². The first-order valence-corrected chi connectivity index (χ1v) is 8.20. The van der Waals surface area contributed by atoms with E-state index in [0.29, 0.717) is 5.56 Å². The van der Waals surface area contributed by atoms with Crippen molar-refractivity contribution in [2.45, 2.75) is 31.8 Å². The largest absolute Gasteiger partial charge is 0.582 e. The molecule has 1 saturated heterocycles. The summed E-state index contributed by atoms with van der Waals surface area (Å²) in [4.78, 5) is 15.5. The molecule has 4 atom stereocenters. The fraction of sp³-hybridized carbons (Fsp3) is 0.600. The van der Waals surface area contributed by atoms with Crippen molar-refractivity contribution in [1.82, 2.24) is 9.55 Å². The van der Waals surface area contributed by atoms with Gasteiger partial charge in [-0.15, -0.1) is 4.52 Å². The molecule has 20 heavy (non-hydrogen) atoms. The number of thiol groups is 1. The van der Waals surface area contributed by atoms with Crippen molar-refractivity contribution in [2.75, 3.05) is 12.3 Å². The molecule has 0 saturated carbocycles. The molecule has 1 aliphatic rings. The number of rotatable bonds is 4. The number of aliphatic hydroxyl groups excluding tert-OH is 1. The molecule has 2 rings (SSSR count). The molecule has 1 aromatic rings. The molecular formula is C10H15N3O5PS+. The third kappa shape index (κ3) is 3.18. The summed E-state index contributed by atoms with van der Waals surface area (Å²) in [6.07, 6.45) is -0.128. The summed E-state index contributed by atoms with van der Waals surface area (Å²) in [6, 6.07) is 0. The van der Waals surface area contributed by atoms with Crippen molar-refractivity contribution in [2.24, 2.45) is 0 Å². The predicted molar refractivity (Wildman–Crippen MR) is 74.7 cm³/mol. The highest BCUT2D eigenvalue weighted by Crippen LogP contribution is 2.38. The molecule has 1 fully saturated rings. The molecule has 1 aromatic heterocycles. The van der Waals surface area contributed by atoms with E-state index < -0.39 is 31.4 Å². The van der Waals surface area contributed by atoms with Crippen molar-refractivity contribution < 1.29 is 18.9 Å². The molecule has 0 aromatic carbocycles. The first kappa shape index (κ1) is 15.4. The first-order chi connectivity index (χ1) is 9.42. The average molecular weight is 320 g/mol. The highest BCUT2D eigenvalue weighted by molar-refractivity contribution is 8.39. The number of nitrogens with zero attached hydrogens (tertiary/aromatic N) is 2. The highest BCUT2D eigenvalue weighted by Gasteiger charge is 2.41. The molecule has 10 heteroatoms. The zero-order chi connectivity index (χ0) is 14.9. The van der Waals surface area contributed by atoms with Crippen LogP contribution in [0.3, 0.4) is 0 Å². The maximum Gasteiger partial charge on any atom is 0.582 e. The number of hydrogen-bond donors (Lipinski definition) is 3. The Morgan fingerprint density at radius 3 is 3.05 bits per heavy atom. The first-order valence-electron chi connectivity index (χ1n) is 5.87. The predicted octanol–water partition coefficient (Wildman–Crippen LogP) is 0.386. The van der Waals surface area contributed by atoms with Gasteiger partial charge in [0.1, 0.15) is 36.5 Å². The Morgan fingerprint density at radius 1 is 1.75 bits per heavy atom. The number of anilines is 1. The van der Waals surface area contributed by atoms with Gasteiger partial charge in [-0.2, -0.15) is 4.98 Å². The van der Waals surface area contributed by atoms with E-state index in [2.05, 4.69) is 17.2 Å². The van der Waals surface area contributed by atoms with E-state index in [0.717, 1.165) is 0 Å². The Morgan fingerprint density at radius 2 is 2.45 bits per heavy atom. The van der Waals surface area contributed by atoms with Gasteiger partial charge in [0, 0.05) is 18.2 Å². The van der Waals surface area contributed by atoms with Crippen molar-refractivity contribution in [3.05, 3.63) is 22.2 Å². The number of ether oxygens (including phenoxy) is 1. The van der Waals surface area contributed by atoms with Crippen molar-refractivity contribution in [3.63, 3.8) is 0 Å². The molecule has 0 amide bonds. The summed E-state index contributed by atoms with van der Waals surface area (Å²) in [7, 11) is -2.12. The summed E-state index contributed by atoms with van der Waals surface area (Å²) in [5, 5.41) is 9.23. The van der Waals surface area contributed by atoms with Gasteiger partial charge >= 0.3 is 12.9 Å². The molecule has 1 aliphatic heterocycles. The fourth-order valence-electron chi connectivity index (χ4n) is 2.05. The molecule has 0 spiro atoms. The summed E-state index contributed by atoms with van der Waals surface area (Å²) < 4.78 is 22.9. The lowest BCUT2D eigenvalue weighted by atomic mass is 10.2. The summed E-state index contributed by atoms with van der Waals surface area (Å²) >= 11 is 3.67. The minimum absolute atomic E-state index is 0.161. The Labute approximate surface area is 120 Å². The van der Waals surface area contributed by atoms with Crippen LogP contribution in [-0.2, 0) is 13.8 Å². The van der Waals surface area contributed by atoms with Gasteiger partial charge in [-0.25, -0.2) is 4.79 Å². The van der Waals surface area contributed by atoms with E-state index >= 15 is 0 Å². The monoisotopic (exact) mass is 320 g/mol. The van der Waals surface area contributed by atoms with Gasteiger partial charge in [-0.1, -0.05) is 0 Å². The molecule has 110 valence electrons. The van der Waals surface area contributed by atoms with Crippen LogP contribution in [0.1, 0.15) is 18.2 Å². The standard InChI is InChI=1S/C10H14N3O5PS/c1-5-3-13(10(15)12-9(5)11)8-2-6(18-19(16)20)7(4-14)17-8/h3,6-8,14H,2,4H2,1H3,(H2-,11,12,15,16,20)/p+1/t6?,7?,8-/m1/s1. The van der Waals surface area contributed by atoms with Crippen molar-refractivity contribution in [1.29, 1.82) is 0 Å². The smallest absolute Gasteiger partial charge is 0.394 e. The maximum absolute atomic E-state index is 11.8. The Bertz CT molecular complexity index is 581. The van der Waals surface area contributed by atoms with Crippen LogP contribution in [0.25, 0.3) is 0 Å². The molecule has 3 N–H and O–H groups in total. The van der Waals surface area contributed by atoms with Gasteiger partial charge in [-0.05, 0) is 11.5 Å². The Kier molecular flexibility index (Phi) is 4.77. The van der Waals surface area contributed by atoms with Crippen LogP contribution in [0.2, 0.25) is 0 Å². The average Bonchev–Trinajstić information content (AvgIpc) is 2.75. The van der Waals surface area contributed by atoms with Crippen LogP contribution in [-0.4, -0.2) is 33.5 Å². The SMILES string of the molecule is Cc1cn([C@H]2CC(O[P+](=O)S)C(CO)O2)c(=O)nc1N. The van der Waals surface area contributed by atoms with E-state index in [1.165, 1.54) is 10.8 Å². The van der Waals surface area contributed by atoms with E-state index in [4.69, 9.17) is 15.0 Å². The lowest BCUT2D eigenvalue weighted by Crippen LogP contribution is -2.28. The third-order valence-electron chi connectivity index (χ3n) is 3.07. The third-order valence-corrected chi connectivity index (χ3v) is 3.80. The van der Waals surface area contributed by atoms with Crippen molar-refractivity contribution in [3.8, 4) is 0 Å². The van der Waals surface area contributed by atoms with Crippen LogP contribution < -0.4 is 11.4 Å². The number of aromatic nitrogens is 2. The highest BCUT2D eigenvalue weighted by atomic mass is 32.7. The van der Waals surface area contributed by atoms with Crippen LogP contribution in [0.5, 0.6) is 0 Å². The second kappa shape index (κ2) is 6.19. The van der Waals surface area contributed by atoms with Gasteiger partial charge in [-0.3, -0.25) is 4.57 Å². The summed E-state index contributed by atoms with van der Waals surface area (Å²) in [5.41, 5.74) is 5.64. The Balaban J connectivity index is 2.25. The zero-order valence-electron chi connectivity index (χ0n) is 10.7. The quantitative estimate of drug-likeness (QED) is 0.542. The molecule has 0 radical (unpaired) electrons. The lowest BCUT2D eigenvalue weighted by molar-refractivity contribution is -0.0409. The number of aryl methyl sites for hydroxylation is 1. The molecule has 3 unspecified atom stereocenters. The van der Waals surface area contributed by atoms with Gasteiger partial charge in [0.25, 0.3) is 0 Å². The van der Waals surface area contributed by atoms with Crippen molar-refractivity contribution >= 4 is 25.3 Å². The maximum atomic E-state index is 11.8. The number of nitrogen functional groups attached to an aromatic ring is 1. The minimum Gasteiger partial charge on any atom is -0.394 e. The van der Waals surface area contributed by atoms with Gasteiger partial charge in [0.2, 0.25) is 0 Å². The number of hydrogen-bond acceptors (Lipinski definition) is 7. The zero-order valence-corrected chi connectivity index (χ0v) is 12.5. The van der Waals surface area contributed by atoms with Crippen LogP contribution in [0.4, 0.5) is 5.82 Å². The van der Waals surface area contributed by atoms with E-state index in [1.54, 1.807) is 6.92 Å². The number of aliphatic hydroxyl groups is 1. The van der Waals surface area contributed by atoms with Gasteiger partial charge < -0.3 is 15.6 Å². The van der Waals surface area contributed by atoms with Crippen LogP contribution >= 0.6 is 19.5 Å². The van der Waals surface area contributed by atoms with Gasteiger partial charge in [0.05, 0.1) is 6.61 Å². The normalized spacial score (nSPS) is 26.8. The second-order valence-electron chi connectivity index (χ2n) is 4.43. The number of nitrogens with two attached hydrogens (primary N) is 1. The second-order valence-corrected chi connectivity index (χ2v) is 6.09. The van der Waals surface area contributed by atoms with E-state index in [9.17, 15) is 14.5 Å². The Hall–Kier alpha value is -0.990. The molecule has 0 aliphatic carbocycles. The topological polar surface area (TPSA) is 117 Å². The van der Waals surface area contributed by atoms with E-state index in [1.807, 2.05) is 0 Å². The fourth-order valence-corrected chi connectivity index (χ4v) is 2.86. The van der Waals surface area contributed by atoms with Gasteiger partial charge in [0.15, 0.2) is 0 Å².